The zero-order valence-electron chi connectivity index (χ0n) is 38.0. The molecule has 1 aromatic rings. The SMILES string of the molecule is CCC[C@@H]1NC(=O)[C@H](C)CC[C@@H](OC2CC(N(C)/C(=N\C(C)C)OC)CC(C)O2)[C@](C)(O)CCCN(C)C(=O)C2CCCN2C(=O)C(Cc2ccccc2)NC(=O)CNC1=O. The van der Waals surface area contributed by atoms with E-state index in [9.17, 15) is 29.1 Å². The van der Waals surface area contributed by atoms with Crippen LogP contribution >= 0.6 is 0 Å². The Balaban J connectivity index is 1.60. The minimum absolute atomic E-state index is 0.0233. The Bertz CT molecular complexity index is 1640. The molecule has 0 radical (unpaired) electrons. The van der Waals surface area contributed by atoms with E-state index in [2.05, 4.69) is 20.9 Å². The van der Waals surface area contributed by atoms with E-state index < -0.39 is 60.4 Å². The second-order valence-corrected chi connectivity index (χ2v) is 17.7. The van der Waals surface area contributed by atoms with Gasteiger partial charge in [-0.1, -0.05) is 50.6 Å². The van der Waals surface area contributed by atoms with E-state index in [0.717, 1.165) is 5.56 Å². The molecule has 3 aliphatic rings. The van der Waals surface area contributed by atoms with Crippen molar-refractivity contribution in [3.8, 4) is 0 Å². The van der Waals surface area contributed by atoms with Crippen molar-refractivity contribution in [2.24, 2.45) is 10.9 Å². The molecule has 342 valence electrons. The molecular formula is C45H73N7O9. The van der Waals surface area contributed by atoms with Gasteiger partial charge in [-0.2, -0.15) is 0 Å². The van der Waals surface area contributed by atoms with Crippen LogP contribution < -0.4 is 16.0 Å². The number of nitrogens with one attached hydrogen (secondary N) is 3. The lowest BCUT2D eigenvalue weighted by Gasteiger charge is -2.42. The quantitative estimate of drug-likeness (QED) is 0.223. The molecule has 61 heavy (non-hydrogen) atoms. The Morgan fingerprint density at radius 2 is 1.70 bits per heavy atom. The number of hydrogen-bond acceptors (Lipinski definition) is 10. The lowest BCUT2D eigenvalue weighted by molar-refractivity contribution is -0.250. The van der Waals surface area contributed by atoms with Gasteiger partial charge in [0.25, 0.3) is 6.02 Å². The zero-order valence-corrected chi connectivity index (χ0v) is 38.0. The Hall–Kier alpha value is -4.28. The number of aliphatic imine (C=N–C) groups is 1. The van der Waals surface area contributed by atoms with Crippen LogP contribution in [0.4, 0.5) is 0 Å². The Labute approximate surface area is 362 Å². The molecule has 3 fully saturated rings. The maximum absolute atomic E-state index is 14.2. The van der Waals surface area contributed by atoms with Gasteiger partial charge < -0.3 is 50.0 Å². The minimum atomic E-state index is -1.39. The van der Waals surface area contributed by atoms with Crippen molar-refractivity contribution < 1.29 is 43.3 Å². The number of amides is 5. The number of fused-ring (bicyclic) bond motifs is 1. The third-order valence-electron chi connectivity index (χ3n) is 12.1. The first kappa shape index (κ1) is 49.4. The molecule has 1 aromatic carbocycles. The largest absolute Gasteiger partial charge is 0.468 e. The summed E-state index contributed by atoms with van der Waals surface area (Å²) in [6, 6.07) is 7.25. The Morgan fingerprint density at radius 3 is 2.38 bits per heavy atom. The van der Waals surface area contributed by atoms with Crippen LogP contribution in [0.5, 0.6) is 0 Å². The molecule has 5 amide bonds. The van der Waals surface area contributed by atoms with E-state index in [1.165, 1.54) is 0 Å². The molecule has 4 rings (SSSR count). The van der Waals surface area contributed by atoms with E-state index in [4.69, 9.17) is 14.2 Å². The van der Waals surface area contributed by atoms with Crippen LogP contribution in [0.3, 0.4) is 0 Å². The summed E-state index contributed by atoms with van der Waals surface area (Å²) in [5.74, 6) is -2.56. The van der Waals surface area contributed by atoms with Crippen LogP contribution in [0.15, 0.2) is 35.3 Å². The van der Waals surface area contributed by atoms with E-state index in [1.54, 1.807) is 37.8 Å². The molecule has 5 unspecified atom stereocenters. The topological polar surface area (TPSA) is 191 Å². The van der Waals surface area contributed by atoms with Crippen LogP contribution in [0.2, 0.25) is 0 Å². The van der Waals surface area contributed by atoms with Crippen molar-refractivity contribution in [1.29, 1.82) is 0 Å². The minimum Gasteiger partial charge on any atom is -0.468 e. The van der Waals surface area contributed by atoms with Gasteiger partial charge in [-0.3, -0.25) is 24.0 Å². The Morgan fingerprint density at radius 1 is 0.984 bits per heavy atom. The van der Waals surface area contributed by atoms with E-state index in [0.29, 0.717) is 76.9 Å². The van der Waals surface area contributed by atoms with Crippen molar-refractivity contribution in [3.63, 3.8) is 0 Å². The predicted octanol–water partition coefficient (Wildman–Crippen LogP) is 3.15. The highest BCUT2D eigenvalue weighted by Crippen LogP contribution is 2.32. The molecule has 3 aliphatic heterocycles. The van der Waals surface area contributed by atoms with Gasteiger partial charge in [0.05, 0.1) is 31.5 Å². The third-order valence-corrected chi connectivity index (χ3v) is 12.1. The fraction of sp³-hybridized carbons (Fsp3) is 0.733. The molecule has 16 heteroatoms. The summed E-state index contributed by atoms with van der Waals surface area (Å²) >= 11 is 0. The molecule has 0 spiro atoms. The van der Waals surface area contributed by atoms with Gasteiger partial charge in [-0.05, 0) is 84.6 Å². The number of nitrogens with zero attached hydrogens (tertiary/aromatic N) is 4. The number of carbonyl (C=O) groups is 5. The van der Waals surface area contributed by atoms with E-state index in [-0.39, 0.29) is 48.8 Å². The van der Waals surface area contributed by atoms with Gasteiger partial charge in [-0.15, -0.1) is 0 Å². The Kier molecular flexibility index (Phi) is 18.8. The molecule has 4 N–H and O–H groups in total. The molecule has 3 saturated heterocycles. The first-order chi connectivity index (χ1) is 28.9. The van der Waals surface area contributed by atoms with Crippen molar-refractivity contribution in [2.75, 3.05) is 40.8 Å². The number of benzene rings is 1. The molecule has 0 bridgehead atoms. The molecule has 0 saturated carbocycles. The molecule has 0 aromatic heterocycles. The molecular weight excluding hydrogens is 783 g/mol. The average Bonchev–Trinajstić information content (AvgIpc) is 3.71. The van der Waals surface area contributed by atoms with Crippen LogP contribution in [-0.2, 0) is 44.6 Å². The fourth-order valence-electron chi connectivity index (χ4n) is 8.53. The highest BCUT2D eigenvalue weighted by Gasteiger charge is 2.41. The number of aliphatic hydroxyl groups is 1. The number of ether oxygens (including phenoxy) is 3. The lowest BCUT2D eigenvalue weighted by atomic mass is 9.87. The summed E-state index contributed by atoms with van der Waals surface area (Å²) in [5, 5.41) is 20.6. The van der Waals surface area contributed by atoms with Crippen LogP contribution in [0.1, 0.15) is 111 Å². The zero-order chi connectivity index (χ0) is 44.9. The number of methoxy groups -OCH3 is 1. The maximum atomic E-state index is 14.2. The van der Waals surface area contributed by atoms with Crippen molar-refractivity contribution >= 4 is 35.6 Å². The number of carbonyl (C=O) groups excluding carboxylic acids is 5. The van der Waals surface area contributed by atoms with Gasteiger partial charge in [0.2, 0.25) is 29.5 Å². The van der Waals surface area contributed by atoms with Crippen LogP contribution in [0.25, 0.3) is 0 Å². The second kappa shape index (κ2) is 23.2. The first-order valence-corrected chi connectivity index (χ1v) is 22.3. The predicted molar refractivity (Wildman–Crippen MR) is 232 cm³/mol. The summed E-state index contributed by atoms with van der Waals surface area (Å²) in [6.45, 7) is 11.6. The van der Waals surface area contributed by atoms with Gasteiger partial charge in [0, 0.05) is 58.0 Å². The summed E-state index contributed by atoms with van der Waals surface area (Å²) < 4.78 is 18.6. The van der Waals surface area contributed by atoms with Gasteiger partial charge >= 0.3 is 0 Å². The van der Waals surface area contributed by atoms with Crippen molar-refractivity contribution in [3.05, 3.63) is 35.9 Å². The van der Waals surface area contributed by atoms with Gasteiger partial charge in [-0.25, -0.2) is 4.99 Å². The summed E-state index contributed by atoms with van der Waals surface area (Å²) in [5.41, 5.74) is -0.560. The number of rotatable bonds is 8. The lowest BCUT2D eigenvalue weighted by Crippen LogP contribution is -2.56. The van der Waals surface area contributed by atoms with Gasteiger partial charge in [0.15, 0.2) is 6.29 Å². The highest BCUT2D eigenvalue weighted by molar-refractivity contribution is 5.94. The molecule has 0 aliphatic carbocycles. The molecule has 3 heterocycles. The average molecular weight is 856 g/mol. The van der Waals surface area contributed by atoms with E-state index in [1.807, 2.05) is 70.0 Å². The second-order valence-electron chi connectivity index (χ2n) is 17.7. The van der Waals surface area contributed by atoms with Crippen LogP contribution in [0, 0.1) is 5.92 Å². The summed E-state index contributed by atoms with van der Waals surface area (Å²) in [7, 11) is 5.24. The van der Waals surface area contributed by atoms with Crippen LogP contribution in [-0.4, -0.2) is 151 Å². The number of amidine groups is 1. The first-order valence-electron chi connectivity index (χ1n) is 22.3. The number of hydrogen-bond donors (Lipinski definition) is 4. The number of likely N-dealkylation sites (N-methyl/N-ethyl adjacent to an activating group) is 1. The summed E-state index contributed by atoms with van der Waals surface area (Å²) in [6.07, 6.45) is 3.19. The highest BCUT2D eigenvalue weighted by atomic mass is 16.7. The van der Waals surface area contributed by atoms with E-state index >= 15 is 0 Å². The smallest absolute Gasteiger partial charge is 0.287 e. The third kappa shape index (κ3) is 14.4. The van der Waals surface area contributed by atoms with Crippen molar-refractivity contribution in [1.82, 2.24) is 30.7 Å². The van der Waals surface area contributed by atoms with Gasteiger partial charge in [0.1, 0.15) is 18.1 Å². The monoisotopic (exact) mass is 856 g/mol. The molecule has 9 atom stereocenters. The van der Waals surface area contributed by atoms with Crippen molar-refractivity contribution in [2.45, 2.75) is 166 Å². The standard InChI is InChI=1S/C45H73N7O9/c1-10-16-34-41(55)46-28-38(53)48-35(26-32-17-12-11-13-18-32)42(56)52-24-14-19-36(52)43(57)50(7)23-15-22-45(6,58)37(21-20-30(4)40(54)49-34)61-39-27-33(25-31(5)60-39)51(8)44(59-9)47-29(2)3/h11-13,17-18,29-31,33-37,39,58H,10,14-16,19-28H2,1-9H3,(H,46,55)(H,48,53)(H,49,54)/b47-44+/t30-,31?,33?,34+,35?,36?,37-,39?,45-/m1/s1. The summed E-state index contributed by atoms with van der Waals surface area (Å²) in [4.78, 5) is 78.5. The fourth-order valence-corrected chi connectivity index (χ4v) is 8.53. The normalized spacial score (nSPS) is 31.1. The maximum Gasteiger partial charge on any atom is 0.287 e. The molecule has 16 nitrogen and oxygen atoms in total.